The Morgan fingerprint density at radius 2 is 1.84 bits per heavy atom. The van der Waals surface area contributed by atoms with Crippen LogP contribution in [-0.4, -0.2) is 20.4 Å². The van der Waals surface area contributed by atoms with Crippen molar-refractivity contribution in [3.63, 3.8) is 0 Å². The van der Waals surface area contributed by atoms with Crippen molar-refractivity contribution >= 4 is 38.6 Å². The van der Waals surface area contributed by atoms with Crippen LogP contribution in [0.1, 0.15) is 30.9 Å². The largest absolute Gasteiger partial charge is 0.424 e. The van der Waals surface area contributed by atoms with Crippen molar-refractivity contribution in [2.75, 3.05) is 0 Å². The first-order valence-corrected chi connectivity index (χ1v) is 11.5. The van der Waals surface area contributed by atoms with Crippen molar-refractivity contribution in [1.82, 2.24) is 4.72 Å². The quantitative estimate of drug-likeness (QED) is 0.321. The molecule has 0 spiro atoms. The third-order valence-corrected chi connectivity index (χ3v) is 6.49. The van der Waals surface area contributed by atoms with Crippen LogP contribution in [0.15, 0.2) is 56.6 Å². The van der Waals surface area contributed by atoms with Gasteiger partial charge in [-0.3, -0.25) is 0 Å². The van der Waals surface area contributed by atoms with Gasteiger partial charge >= 0.3 is 11.6 Å². The second kappa shape index (κ2) is 9.21. The number of aryl methyl sites for hydroxylation is 2. The van der Waals surface area contributed by atoms with E-state index >= 15 is 0 Å². The van der Waals surface area contributed by atoms with Crippen LogP contribution in [0, 0.1) is 13.8 Å². The van der Waals surface area contributed by atoms with Crippen LogP contribution in [0.25, 0.3) is 11.0 Å². The monoisotopic (exact) mass is 463 g/mol. The Balaban J connectivity index is 1.87. The molecule has 3 aromatic rings. The van der Waals surface area contributed by atoms with Gasteiger partial charge in [-0.1, -0.05) is 42.6 Å². The van der Waals surface area contributed by atoms with Gasteiger partial charge in [0.05, 0.1) is 9.92 Å². The molecule has 1 atom stereocenters. The standard InChI is InChI=1S/C22H22ClNO6S/c1-4-5-18(24-31(27,28)15-8-6-13(2)7-9-15)22(26)30-20-12-19-16(11-17(20)23)14(3)10-21(25)29-19/h6-12,18,24H,4-5H2,1-3H3. The van der Waals surface area contributed by atoms with Gasteiger partial charge in [-0.15, -0.1) is 0 Å². The Labute approximate surface area is 185 Å². The van der Waals surface area contributed by atoms with Gasteiger partial charge in [0.1, 0.15) is 11.6 Å². The van der Waals surface area contributed by atoms with Gasteiger partial charge in [-0.25, -0.2) is 18.0 Å². The molecule has 0 radical (unpaired) electrons. The summed E-state index contributed by atoms with van der Waals surface area (Å²) in [5, 5.41) is 0.740. The fraction of sp³-hybridized carbons (Fsp3) is 0.273. The molecule has 2 aromatic carbocycles. The van der Waals surface area contributed by atoms with Gasteiger partial charge in [0.25, 0.3) is 0 Å². The van der Waals surface area contributed by atoms with Crippen LogP contribution in [0.4, 0.5) is 0 Å². The van der Waals surface area contributed by atoms with Crippen molar-refractivity contribution in [3.05, 3.63) is 69.0 Å². The van der Waals surface area contributed by atoms with E-state index in [0.717, 1.165) is 5.56 Å². The van der Waals surface area contributed by atoms with E-state index in [9.17, 15) is 18.0 Å². The molecule has 0 fully saturated rings. The smallest absolute Gasteiger partial charge is 0.336 e. The number of hydrogen-bond acceptors (Lipinski definition) is 6. The van der Waals surface area contributed by atoms with Crippen molar-refractivity contribution in [2.24, 2.45) is 0 Å². The van der Waals surface area contributed by atoms with Crippen molar-refractivity contribution in [1.29, 1.82) is 0 Å². The summed E-state index contributed by atoms with van der Waals surface area (Å²) in [7, 11) is -3.94. The second-order valence-electron chi connectivity index (χ2n) is 7.22. The summed E-state index contributed by atoms with van der Waals surface area (Å²) < 4.78 is 38.4. The molecule has 0 aliphatic rings. The molecule has 0 saturated heterocycles. The van der Waals surface area contributed by atoms with Crippen LogP contribution < -0.4 is 15.1 Å². The van der Waals surface area contributed by atoms with E-state index in [0.29, 0.717) is 17.4 Å². The van der Waals surface area contributed by atoms with Gasteiger partial charge in [-0.2, -0.15) is 4.72 Å². The molecule has 1 N–H and O–H groups in total. The summed E-state index contributed by atoms with van der Waals surface area (Å²) in [5.41, 5.74) is 1.25. The second-order valence-corrected chi connectivity index (χ2v) is 9.35. The number of sulfonamides is 1. The fourth-order valence-corrected chi connectivity index (χ4v) is 4.49. The lowest BCUT2D eigenvalue weighted by atomic mass is 10.1. The molecule has 1 unspecified atom stereocenters. The molecule has 1 aromatic heterocycles. The van der Waals surface area contributed by atoms with E-state index in [1.54, 1.807) is 19.1 Å². The highest BCUT2D eigenvalue weighted by Crippen LogP contribution is 2.31. The highest BCUT2D eigenvalue weighted by Gasteiger charge is 2.27. The van der Waals surface area contributed by atoms with Crippen molar-refractivity contribution in [3.8, 4) is 5.75 Å². The number of rotatable bonds is 7. The molecular formula is C22H22ClNO6S. The Bertz CT molecular complexity index is 1280. The molecule has 0 bridgehead atoms. The van der Waals surface area contributed by atoms with E-state index < -0.39 is 27.7 Å². The number of carbonyl (C=O) groups is 1. The Morgan fingerprint density at radius 3 is 2.48 bits per heavy atom. The summed E-state index contributed by atoms with van der Waals surface area (Å²) in [6, 6.07) is 9.38. The van der Waals surface area contributed by atoms with Crippen LogP contribution in [0.2, 0.25) is 5.02 Å². The lowest BCUT2D eigenvalue weighted by Gasteiger charge is -2.18. The number of halogens is 1. The summed E-state index contributed by atoms with van der Waals surface area (Å²) in [6.45, 7) is 5.40. The highest BCUT2D eigenvalue weighted by molar-refractivity contribution is 7.89. The summed E-state index contributed by atoms with van der Waals surface area (Å²) in [4.78, 5) is 24.5. The summed E-state index contributed by atoms with van der Waals surface area (Å²) in [5.74, 6) is -0.836. The van der Waals surface area contributed by atoms with Gasteiger partial charge < -0.3 is 9.15 Å². The molecule has 31 heavy (non-hydrogen) atoms. The van der Waals surface area contributed by atoms with Gasteiger partial charge in [0, 0.05) is 17.5 Å². The van der Waals surface area contributed by atoms with E-state index in [1.807, 2.05) is 13.8 Å². The molecular weight excluding hydrogens is 442 g/mol. The van der Waals surface area contributed by atoms with E-state index in [2.05, 4.69) is 4.72 Å². The molecule has 0 aliphatic heterocycles. The Hall–Kier alpha value is -2.68. The molecule has 164 valence electrons. The number of benzene rings is 2. The first-order chi connectivity index (χ1) is 14.6. The zero-order valence-electron chi connectivity index (χ0n) is 17.3. The molecule has 0 saturated carbocycles. The van der Waals surface area contributed by atoms with Gasteiger partial charge in [0.2, 0.25) is 10.0 Å². The molecule has 9 heteroatoms. The maximum atomic E-state index is 12.8. The normalized spacial score (nSPS) is 12.6. The van der Waals surface area contributed by atoms with Crippen molar-refractivity contribution < 1.29 is 22.4 Å². The molecule has 0 amide bonds. The number of ether oxygens (including phenoxy) is 1. The van der Waals surface area contributed by atoms with Crippen LogP contribution in [0.5, 0.6) is 5.75 Å². The number of nitrogens with one attached hydrogen (secondary N) is 1. The van der Waals surface area contributed by atoms with E-state index in [1.165, 1.54) is 30.3 Å². The Morgan fingerprint density at radius 1 is 1.16 bits per heavy atom. The van der Waals surface area contributed by atoms with Gasteiger partial charge in [-0.05, 0) is 44.0 Å². The third-order valence-electron chi connectivity index (χ3n) is 4.70. The van der Waals surface area contributed by atoms with Gasteiger partial charge in [0.15, 0.2) is 5.75 Å². The zero-order valence-corrected chi connectivity index (χ0v) is 18.8. The number of hydrogen-bond donors (Lipinski definition) is 1. The minimum absolute atomic E-state index is 0.0245. The minimum atomic E-state index is -3.94. The maximum absolute atomic E-state index is 12.8. The predicted octanol–water partition coefficient (Wildman–Crippen LogP) is 4.12. The first kappa shape index (κ1) is 23.0. The average molecular weight is 464 g/mol. The van der Waals surface area contributed by atoms with Crippen LogP contribution in [0.3, 0.4) is 0 Å². The van der Waals surface area contributed by atoms with E-state index in [4.69, 9.17) is 20.8 Å². The van der Waals surface area contributed by atoms with Crippen LogP contribution >= 0.6 is 11.6 Å². The lowest BCUT2D eigenvalue weighted by molar-refractivity contribution is -0.136. The topological polar surface area (TPSA) is 103 Å². The molecule has 0 aliphatic carbocycles. The van der Waals surface area contributed by atoms with Crippen LogP contribution in [-0.2, 0) is 14.8 Å². The predicted molar refractivity (Wildman–Crippen MR) is 118 cm³/mol. The molecule has 7 nitrogen and oxygen atoms in total. The van der Waals surface area contributed by atoms with E-state index in [-0.39, 0.29) is 27.7 Å². The van der Waals surface area contributed by atoms with Crippen molar-refractivity contribution in [2.45, 2.75) is 44.6 Å². The number of carbonyl (C=O) groups excluding carboxylic acids is 1. The summed E-state index contributed by atoms with van der Waals surface area (Å²) in [6.07, 6.45) is 0.763. The minimum Gasteiger partial charge on any atom is -0.424 e. The third kappa shape index (κ3) is 5.33. The zero-order chi connectivity index (χ0) is 22.8. The maximum Gasteiger partial charge on any atom is 0.336 e. The molecule has 1 heterocycles. The number of fused-ring (bicyclic) bond motifs is 1. The fourth-order valence-electron chi connectivity index (χ4n) is 3.06. The summed E-state index contributed by atoms with van der Waals surface area (Å²) >= 11 is 6.25. The average Bonchev–Trinajstić information content (AvgIpc) is 2.69. The Kier molecular flexibility index (Phi) is 6.83. The first-order valence-electron chi connectivity index (χ1n) is 9.65. The highest BCUT2D eigenvalue weighted by atomic mass is 35.5. The molecule has 3 rings (SSSR count). The SMILES string of the molecule is CCCC(NS(=O)(=O)c1ccc(C)cc1)C(=O)Oc1cc2oc(=O)cc(C)c2cc1Cl. The number of esters is 1. The lowest BCUT2D eigenvalue weighted by Crippen LogP contribution is -2.42.